The lowest BCUT2D eigenvalue weighted by Gasteiger charge is -2.15. The lowest BCUT2D eigenvalue weighted by molar-refractivity contribution is -0.138. The minimum atomic E-state index is -4.52. The van der Waals surface area contributed by atoms with Gasteiger partial charge in [-0.15, -0.1) is 0 Å². The standard InChI is InChI=1S/C23H21F3N4O2/c1-14(2)30-13-27-19-11-17(7-8-20(19)30)28-10-9-21(31)29(22(28)32)12-16-5-4-6-18(15(16)3)23(24,25)26/h4-11,13-14H,12H2,1-3H3. The van der Waals surface area contributed by atoms with E-state index >= 15 is 0 Å². The average molecular weight is 442 g/mol. The molecule has 0 unspecified atom stereocenters. The number of nitrogens with zero attached hydrogens (tertiary/aromatic N) is 4. The van der Waals surface area contributed by atoms with Gasteiger partial charge < -0.3 is 4.57 Å². The summed E-state index contributed by atoms with van der Waals surface area (Å²) in [6.45, 7) is 5.14. The van der Waals surface area contributed by atoms with Gasteiger partial charge in [0.25, 0.3) is 5.56 Å². The molecule has 0 aliphatic carbocycles. The van der Waals surface area contributed by atoms with Crippen LogP contribution in [-0.2, 0) is 12.7 Å². The smallest absolute Gasteiger partial charge is 0.328 e. The van der Waals surface area contributed by atoms with Crippen molar-refractivity contribution in [2.24, 2.45) is 0 Å². The molecule has 4 rings (SSSR count). The van der Waals surface area contributed by atoms with Crippen molar-refractivity contribution in [3.05, 3.63) is 92.5 Å². The van der Waals surface area contributed by atoms with Crippen molar-refractivity contribution >= 4 is 11.0 Å². The summed E-state index contributed by atoms with van der Waals surface area (Å²) in [6.07, 6.45) is -1.43. The fourth-order valence-electron chi connectivity index (χ4n) is 3.77. The van der Waals surface area contributed by atoms with Crippen LogP contribution in [0.15, 0.2) is 64.6 Å². The summed E-state index contributed by atoms with van der Waals surface area (Å²) in [4.78, 5) is 29.9. The van der Waals surface area contributed by atoms with Gasteiger partial charge in [0.15, 0.2) is 0 Å². The second-order valence-electron chi connectivity index (χ2n) is 7.90. The van der Waals surface area contributed by atoms with E-state index < -0.39 is 23.0 Å². The van der Waals surface area contributed by atoms with Crippen LogP contribution in [0.25, 0.3) is 16.7 Å². The van der Waals surface area contributed by atoms with E-state index in [1.165, 1.54) is 35.9 Å². The minimum absolute atomic E-state index is 0.0117. The Kier molecular flexibility index (Phi) is 5.28. The molecule has 9 heteroatoms. The van der Waals surface area contributed by atoms with Crippen LogP contribution in [0.1, 0.15) is 36.6 Å². The second kappa shape index (κ2) is 7.81. The van der Waals surface area contributed by atoms with E-state index in [9.17, 15) is 22.8 Å². The highest BCUT2D eigenvalue weighted by atomic mass is 19.4. The third-order valence-corrected chi connectivity index (χ3v) is 5.54. The Balaban J connectivity index is 1.79. The summed E-state index contributed by atoms with van der Waals surface area (Å²) < 4.78 is 44.0. The van der Waals surface area contributed by atoms with Gasteiger partial charge in [-0.3, -0.25) is 13.9 Å². The van der Waals surface area contributed by atoms with Crippen LogP contribution in [0, 0.1) is 6.92 Å². The average Bonchev–Trinajstić information content (AvgIpc) is 3.15. The lowest BCUT2D eigenvalue weighted by atomic mass is 10.0. The Morgan fingerprint density at radius 1 is 1.06 bits per heavy atom. The molecule has 0 amide bonds. The number of imidazole rings is 1. The SMILES string of the molecule is Cc1c(Cn2c(=O)ccn(-c3ccc4c(c3)ncn4C(C)C)c2=O)cccc1C(F)(F)F. The number of alkyl halides is 3. The molecule has 0 aliphatic heterocycles. The summed E-state index contributed by atoms with van der Waals surface area (Å²) in [5, 5.41) is 0. The zero-order chi connectivity index (χ0) is 23.2. The van der Waals surface area contributed by atoms with Crippen molar-refractivity contribution in [3.63, 3.8) is 0 Å². The first-order chi connectivity index (χ1) is 15.1. The van der Waals surface area contributed by atoms with E-state index in [0.29, 0.717) is 11.2 Å². The van der Waals surface area contributed by atoms with Gasteiger partial charge in [-0.05, 0) is 56.2 Å². The third-order valence-electron chi connectivity index (χ3n) is 5.54. The summed E-state index contributed by atoms with van der Waals surface area (Å²) >= 11 is 0. The van der Waals surface area contributed by atoms with Crippen molar-refractivity contribution in [3.8, 4) is 5.69 Å². The summed E-state index contributed by atoms with van der Waals surface area (Å²) in [7, 11) is 0. The Morgan fingerprint density at radius 2 is 1.81 bits per heavy atom. The second-order valence-corrected chi connectivity index (χ2v) is 7.90. The molecular weight excluding hydrogens is 421 g/mol. The predicted molar refractivity (Wildman–Crippen MR) is 115 cm³/mol. The highest BCUT2D eigenvalue weighted by molar-refractivity contribution is 5.78. The van der Waals surface area contributed by atoms with Gasteiger partial charge in [-0.2, -0.15) is 13.2 Å². The molecule has 0 saturated carbocycles. The van der Waals surface area contributed by atoms with Crippen molar-refractivity contribution in [2.45, 2.75) is 39.5 Å². The Hall–Kier alpha value is -3.62. The van der Waals surface area contributed by atoms with Crippen molar-refractivity contribution < 1.29 is 13.2 Å². The van der Waals surface area contributed by atoms with Crippen LogP contribution in [0.5, 0.6) is 0 Å². The highest BCUT2D eigenvalue weighted by Crippen LogP contribution is 2.33. The number of hydrogen-bond donors (Lipinski definition) is 0. The number of fused-ring (bicyclic) bond motifs is 1. The fourth-order valence-corrected chi connectivity index (χ4v) is 3.77. The van der Waals surface area contributed by atoms with E-state index in [4.69, 9.17) is 0 Å². The van der Waals surface area contributed by atoms with Crippen LogP contribution in [0.3, 0.4) is 0 Å². The van der Waals surface area contributed by atoms with Gasteiger partial charge >= 0.3 is 11.9 Å². The number of halogens is 3. The van der Waals surface area contributed by atoms with Crippen LogP contribution in [0.2, 0.25) is 0 Å². The van der Waals surface area contributed by atoms with E-state index in [2.05, 4.69) is 4.98 Å². The molecule has 0 fully saturated rings. The summed E-state index contributed by atoms with van der Waals surface area (Å²) in [5.74, 6) is 0. The molecule has 2 heterocycles. The first kappa shape index (κ1) is 21.6. The first-order valence-corrected chi connectivity index (χ1v) is 10.0. The van der Waals surface area contributed by atoms with E-state index in [1.54, 1.807) is 18.5 Å². The number of hydrogen-bond acceptors (Lipinski definition) is 3. The highest BCUT2D eigenvalue weighted by Gasteiger charge is 2.32. The summed E-state index contributed by atoms with van der Waals surface area (Å²) in [5.41, 5.74) is 0.325. The van der Waals surface area contributed by atoms with Crippen LogP contribution in [0.4, 0.5) is 13.2 Å². The largest absolute Gasteiger partial charge is 0.416 e. The molecule has 0 radical (unpaired) electrons. The van der Waals surface area contributed by atoms with Gasteiger partial charge in [0.2, 0.25) is 0 Å². The van der Waals surface area contributed by atoms with Gasteiger partial charge in [-0.1, -0.05) is 12.1 Å². The van der Waals surface area contributed by atoms with Crippen LogP contribution in [-0.4, -0.2) is 18.7 Å². The molecule has 0 aliphatic rings. The Morgan fingerprint density at radius 3 is 2.50 bits per heavy atom. The monoisotopic (exact) mass is 442 g/mol. The molecule has 0 saturated heterocycles. The number of benzene rings is 2. The maximum absolute atomic E-state index is 13.2. The topological polar surface area (TPSA) is 61.8 Å². The van der Waals surface area contributed by atoms with E-state index in [-0.39, 0.29) is 23.7 Å². The van der Waals surface area contributed by atoms with Gasteiger partial charge in [0.05, 0.1) is 35.2 Å². The van der Waals surface area contributed by atoms with Crippen molar-refractivity contribution in [1.82, 2.24) is 18.7 Å². The lowest BCUT2D eigenvalue weighted by Crippen LogP contribution is -2.38. The molecule has 4 aromatic rings. The third kappa shape index (κ3) is 3.74. The fraction of sp³-hybridized carbons (Fsp3) is 0.261. The van der Waals surface area contributed by atoms with Gasteiger partial charge in [-0.25, -0.2) is 9.78 Å². The van der Waals surface area contributed by atoms with Crippen LogP contribution >= 0.6 is 0 Å². The summed E-state index contributed by atoms with van der Waals surface area (Å²) in [6, 6.07) is 10.5. The number of rotatable bonds is 4. The van der Waals surface area contributed by atoms with E-state index in [0.717, 1.165) is 16.2 Å². The van der Waals surface area contributed by atoms with E-state index in [1.807, 2.05) is 24.5 Å². The van der Waals surface area contributed by atoms with Crippen molar-refractivity contribution in [1.29, 1.82) is 0 Å². The van der Waals surface area contributed by atoms with Crippen LogP contribution < -0.4 is 11.2 Å². The maximum Gasteiger partial charge on any atom is 0.416 e. The molecule has 0 bridgehead atoms. The number of aromatic nitrogens is 4. The maximum atomic E-state index is 13.2. The van der Waals surface area contributed by atoms with Crippen molar-refractivity contribution in [2.75, 3.05) is 0 Å². The molecule has 0 atom stereocenters. The molecule has 0 spiro atoms. The molecule has 166 valence electrons. The molecule has 2 aromatic carbocycles. The quantitative estimate of drug-likeness (QED) is 0.473. The zero-order valence-electron chi connectivity index (χ0n) is 17.7. The zero-order valence-corrected chi connectivity index (χ0v) is 17.7. The molecule has 32 heavy (non-hydrogen) atoms. The predicted octanol–water partition coefficient (Wildman–Crippen LogP) is 4.31. The Labute approximate surface area is 181 Å². The molecule has 2 aromatic heterocycles. The molecule has 6 nitrogen and oxygen atoms in total. The Bertz CT molecular complexity index is 1430. The molecular formula is C23H21F3N4O2. The first-order valence-electron chi connectivity index (χ1n) is 10.0. The minimum Gasteiger partial charge on any atom is -0.328 e. The van der Waals surface area contributed by atoms with Gasteiger partial charge in [0, 0.05) is 18.3 Å². The molecule has 0 N–H and O–H groups in total. The normalized spacial score (nSPS) is 12.1. The van der Waals surface area contributed by atoms with Gasteiger partial charge in [0.1, 0.15) is 0 Å².